The number of aliphatic hydroxyl groups is 1. The Hall–Kier alpha value is -1.88. The van der Waals surface area contributed by atoms with Crippen molar-refractivity contribution in [1.29, 1.82) is 0 Å². The van der Waals surface area contributed by atoms with Crippen LogP contribution in [0.15, 0.2) is 30.3 Å². The van der Waals surface area contributed by atoms with Gasteiger partial charge in [-0.05, 0) is 31.4 Å². The molecular formula is C25H41NO4. The van der Waals surface area contributed by atoms with Crippen LogP contribution in [0.25, 0.3) is 0 Å². The predicted octanol–water partition coefficient (Wildman–Crippen LogP) is 5.71. The van der Waals surface area contributed by atoms with E-state index in [1.165, 1.54) is 25.7 Å². The zero-order valence-electron chi connectivity index (χ0n) is 18.7. The van der Waals surface area contributed by atoms with Crippen molar-refractivity contribution in [1.82, 2.24) is 5.32 Å². The highest BCUT2D eigenvalue weighted by Gasteiger charge is 2.21. The van der Waals surface area contributed by atoms with E-state index in [2.05, 4.69) is 12.2 Å². The molecule has 0 heterocycles. The molecule has 3 N–H and O–H groups in total. The number of carbonyl (C=O) groups excluding carboxylic acids is 1. The lowest BCUT2D eigenvalue weighted by atomic mass is 9.97. The standard InChI is InChI=1S/C25H41NO4/c1-2-3-4-5-8-14-19-23(27)22(18-13-7-6-9-15-20-24(28)29)26-25(30)21-16-11-10-12-17-21/h10-12,16-17,22-23,27H,2-9,13-15,18-20H2,1H3,(H,26,30)(H,28,29). The van der Waals surface area contributed by atoms with Gasteiger partial charge in [-0.15, -0.1) is 0 Å². The molecule has 0 spiro atoms. The van der Waals surface area contributed by atoms with E-state index >= 15 is 0 Å². The number of aliphatic hydroxyl groups excluding tert-OH is 1. The fourth-order valence-electron chi connectivity index (χ4n) is 3.71. The molecule has 1 rings (SSSR count). The number of carboxylic acid groups (broad SMARTS) is 1. The molecule has 2 atom stereocenters. The highest BCUT2D eigenvalue weighted by molar-refractivity contribution is 5.94. The van der Waals surface area contributed by atoms with E-state index in [0.717, 1.165) is 44.9 Å². The minimum absolute atomic E-state index is 0.135. The first-order valence-corrected chi connectivity index (χ1v) is 11.8. The third kappa shape index (κ3) is 12.6. The van der Waals surface area contributed by atoms with Crippen molar-refractivity contribution in [2.24, 2.45) is 0 Å². The molecule has 0 bridgehead atoms. The third-order valence-corrected chi connectivity index (χ3v) is 5.58. The molecule has 170 valence electrons. The summed E-state index contributed by atoms with van der Waals surface area (Å²) in [5.74, 6) is -0.874. The maximum atomic E-state index is 12.6. The van der Waals surface area contributed by atoms with Crippen molar-refractivity contribution in [3.05, 3.63) is 35.9 Å². The molecule has 5 nitrogen and oxygen atoms in total. The van der Waals surface area contributed by atoms with Gasteiger partial charge in [0, 0.05) is 12.0 Å². The molecule has 5 heteroatoms. The Labute approximate surface area is 182 Å². The van der Waals surface area contributed by atoms with Crippen LogP contribution < -0.4 is 5.32 Å². The Morgan fingerprint density at radius 1 is 0.833 bits per heavy atom. The lowest BCUT2D eigenvalue weighted by Gasteiger charge is -2.24. The van der Waals surface area contributed by atoms with E-state index in [9.17, 15) is 14.7 Å². The van der Waals surface area contributed by atoms with Crippen molar-refractivity contribution in [3.63, 3.8) is 0 Å². The van der Waals surface area contributed by atoms with Crippen LogP contribution in [0.3, 0.4) is 0 Å². The van der Waals surface area contributed by atoms with Gasteiger partial charge in [0.1, 0.15) is 0 Å². The molecule has 2 unspecified atom stereocenters. The van der Waals surface area contributed by atoms with Gasteiger partial charge in [0.25, 0.3) is 5.91 Å². The van der Waals surface area contributed by atoms with Crippen molar-refractivity contribution >= 4 is 11.9 Å². The number of aliphatic carboxylic acids is 1. The number of unbranched alkanes of at least 4 members (excludes halogenated alkanes) is 9. The number of hydrogen-bond acceptors (Lipinski definition) is 3. The first-order valence-electron chi connectivity index (χ1n) is 11.8. The van der Waals surface area contributed by atoms with E-state index in [1.807, 2.05) is 18.2 Å². The van der Waals surface area contributed by atoms with Gasteiger partial charge in [0.15, 0.2) is 0 Å². The molecule has 0 saturated carbocycles. The maximum Gasteiger partial charge on any atom is 0.303 e. The van der Waals surface area contributed by atoms with E-state index in [1.54, 1.807) is 12.1 Å². The summed E-state index contributed by atoms with van der Waals surface area (Å²) in [6.45, 7) is 2.20. The van der Waals surface area contributed by atoms with E-state index in [-0.39, 0.29) is 18.4 Å². The first kappa shape index (κ1) is 26.2. The van der Waals surface area contributed by atoms with Crippen LogP contribution in [0.5, 0.6) is 0 Å². The predicted molar refractivity (Wildman–Crippen MR) is 122 cm³/mol. The van der Waals surface area contributed by atoms with Crippen LogP contribution in [0.1, 0.15) is 107 Å². The molecular weight excluding hydrogens is 378 g/mol. The van der Waals surface area contributed by atoms with Gasteiger partial charge in [0.2, 0.25) is 0 Å². The molecule has 1 amide bonds. The number of amides is 1. The molecule has 0 fully saturated rings. The second-order valence-corrected chi connectivity index (χ2v) is 8.27. The van der Waals surface area contributed by atoms with E-state index < -0.39 is 12.1 Å². The molecule has 1 aromatic rings. The number of rotatable bonds is 18. The summed E-state index contributed by atoms with van der Waals surface area (Å²) >= 11 is 0. The Balaban J connectivity index is 2.43. The van der Waals surface area contributed by atoms with Crippen molar-refractivity contribution < 1.29 is 19.8 Å². The van der Waals surface area contributed by atoms with Gasteiger partial charge < -0.3 is 15.5 Å². The summed E-state index contributed by atoms with van der Waals surface area (Å²) in [4.78, 5) is 23.1. The summed E-state index contributed by atoms with van der Waals surface area (Å²) < 4.78 is 0. The van der Waals surface area contributed by atoms with Crippen molar-refractivity contribution in [2.75, 3.05) is 0 Å². The monoisotopic (exact) mass is 419 g/mol. The van der Waals surface area contributed by atoms with Crippen LogP contribution in [0, 0.1) is 0 Å². The highest BCUT2D eigenvalue weighted by atomic mass is 16.4. The highest BCUT2D eigenvalue weighted by Crippen LogP contribution is 2.16. The summed E-state index contributed by atoms with van der Waals surface area (Å²) in [5, 5.41) is 22.5. The average Bonchev–Trinajstić information content (AvgIpc) is 2.74. The summed E-state index contributed by atoms with van der Waals surface area (Å²) in [7, 11) is 0. The van der Waals surface area contributed by atoms with Crippen LogP contribution in [-0.2, 0) is 4.79 Å². The van der Waals surface area contributed by atoms with E-state index in [4.69, 9.17) is 5.11 Å². The molecule has 0 radical (unpaired) electrons. The topological polar surface area (TPSA) is 86.6 Å². The first-order chi connectivity index (χ1) is 14.5. The number of carbonyl (C=O) groups is 2. The molecule has 1 aromatic carbocycles. The van der Waals surface area contributed by atoms with Crippen LogP contribution in [0.4, 0.5) is 0 Å². The van der Waals surface area contributed by atoms with Gasteiger partial charge in [-0.2, -0.15) is 0 Å². The fraction of sp³-hybridized carbons (Fsp3) is 0.680. The zero-order valence-corrected chi connectivity index (χ0v) is 18.7. The molecule has 0 aromatic heterocycles. The summed E-state index contributed by atoms with van der Waals surface area (Å²) in [6, 6.07) is 8.89. The minimum Gasteiger partial charge on any atom is -0.481 e. The summed E-state index contributed by atoms with van der Waals surface area (Å²) in [6.07, 6.45) is 12.7. The van der Waals surface area contributed by atoms with Crippen molar-refractivity contribution in [2.45, 2.75) is 109 Å². The second kappa shape index (κ2) is 16.9. The minimum atomic E-state index is -0.739. The molecule has 30 heavy (non-hydrogen) atoms. The lowest BCUT2D eigenvalue weighted by Crippen LogP contribution is -2.43. The molecule has 0 saturated heterocycles. The zero-order chi connectivity index (χ0) is 22.0. The second-order valence-electron chi connectivity index (χ2n) is 8.27. The van der Waals surface area contributed by atoms with Crippen LogP contribution in [-0.4, -0.2) is 34.2 Å². The van der Waals surface area contributed by atoms with Gasteiger partial charge in [-0.3, -0.25) is 9.59 Å². The molecule has 0 aliphatic rings. The maximum absolute atomic E-state index is 12.6. The smallest absolute Gasteiger partial charge is 0.303 e. The number of carboxylic acids is 1. The Kier molecular flexibility index (Phi) is 14.7. The Bertz CT molecular complexity index is 576. The van der Waals surface area contributed by atoms with Gasteiger partial charge in [-0.1, -0.05) is 89.3 Å². The normalized spacial score (nSPS) is 13.0. The Morgan fingerprint density at radius 2 is 1.40 bits per heavy atom. The van der Waals surface area contributed by atoms with Crippen LogP contribution in [0.2, 0.25) is 0 Å². The lowest BCUT2D eigenvalue weighted by molar-refractivity contribution is -0.137. The fourth-order valence-corrected chi connectivity index (χ4v) is 3.71. The number of benzene rings is 1. The van der Waals surface area contributed by atoms with E-state index in [0.29, 0.717) is 18.4 Å². The number of nitrogens with one attached hydrogen (secondary N) is 1. The number of hydrogen-bond donors (Lipinski definition) is 3. The third-order valence-electron chi connectivity index (χ3n) is 5.58. The van der Waals surface area contributed by atoms with Crippen LogP contribution >= 0.6 is 0 Å². The Morgan fingerprint density at radius 3 is 2.03 bits per heavy atom. The van der Waals surface area contributed by atoms with Gasteiger partial charge in [-0.25, -0.2) is 0 Å². The van der Waals surface area contributed by atoms with Gasteiger partial charge >= 0.3 is 5.97 Å². The SMILES string of the molecule is CCCCCCCCC(O)C(CCCCCCCC(=O)O)NC(=O)c1ccccc1. The quantitative estimate of drug-likeness (QED) is 0.266. The van der Waals surface area contributed by atoms with Crippen molar-refractivity contribution in [3.8, 4) is 0 Å². The molecule has 0 aliphatic carbocycles. The average molecular weight is 420 g/mol. The largest absolute Gasteiger partial charge is 0.481 e. The summed E-state index contributed by atoms with van der Waals surface area (Å²) in [5.41, 5.74) is 0.614. The van der Waals surface area contributed by atoms with Gasteiger partial charge in [0.05, 0.1) is 12.1 Å². The molecule has 0 aliphatic heterocycles.